The molecule has 2 aromatic carbocycles. The van der Waals surface area contributed by atoms with E-state index in [2.05, 4.69) is 50.7 Å². The van der Waals surface area contributed by atoms with E-state index in [4.69, 9.17) is 16.7 Å². The fourth-order valence-corrected chi connectivity index (χ4v) is 5.47. The molecular formula is C22H28ClNO3Si2. The summed E-state index contributed by atoms with van der Waals surface area (Å²) in [6, 6.07) is 11.3. The van der Waals surface area contributed by atoms with Crippen molar-refractivity contribution in [1.29, 1.82) is 0 Å². The molecule has 1 amide bonds. The molecule has 29 heavy (non-hydrogen) atoms. The maximum Gasteiger partial charge on any atom is 0.328 e. The first kappa shape index (κ1) is 23.1. The second-order valence-electron chi connectivity index (χ2n) is 9.16. The number of nitrogens with one attached hydrogen (secondary N) is 1. The maximum absolute atomic E-state index is 13.0. The van der Waals surface area contributed by atoms with Crippen LogP contribution in [-0.4, -0.2) is 33.1 Å². The zero-order valence-corrected chi connectivity index (χ0v) is 20.5. The Morgan fingerprint density at radius 2 is 1.48 bits per heavy atom. The van der Waals surface area contributed by atoms with Crippen LogP contribution in [0.5, 0.6) is 0 Å². The molecule has 0 radical (unpaired) electrons. The molecule has 0 aliphatic carbocycles. The smallest absolute Gasteiger partial charge is 0.328 e. The Bertz CT molecular complexity index is 941. The van der Waals surface area contributed by atoms with Gasteiger partial charge in [0.05, 0.1) is 16.1 Å². The van der Waals surface area contributed by atoms with Crippen molar-refractivity contribution >= 4 is 61.8 Å². The van der Waals surface area contributed by atoms with Gasteiger partial charge in [-0.15, -0.1) is 0 Å². The summed E-state index contributed by atoms with van der Waals surface area (Å²) in [7, 11) is -3.16. The van der Waals surface area contributed by atoms with Crippen molar-refractivity contribution < 1.29 is 14.7 Å². The standard InChI is InChI=1S/C22H28ClNO3Si2/c1-28(2,3)18-11-16(12-19(14-18)29(4,5)6)22(27)24-17-9-7-15(20(23)13-17)8-10-21(25)26/h7-14H,1-6H3,(H,24,27)(H,25,26)/b10-8+. The average molecular weight is 446 g/mol. The van der Waals surface area contributed by atoms with E-state index in [1.165, 1.54) is 16.4 Å². The third-order valence-corrected chi connectivity index (χ3v) is 8.96. The fourth-order valence-electron chi connectivity index (χ4n) is 2.73. The van der Waals surface area contributed by atoms with E-state index in [1.807, 2.05) is 12.1 Å². The van der Waals surface area contributed by atoms with Gasteiger partial charge in [-0.1, -0.05) is 85.5 Å². The Hall–Kier alpha value is -2.16. The van der Waals surface area contributed by atoms with Gasteiger partial charge >= 0.3 is 5.97 Å². The highest BCUT2D eigenvalue weighted by atomic mass is 35.5. The highest BCUT2D eigenvalue weighted by Crippen LogP contribution is 2.23. The molecule has 0 saturated heterocycles. The molecule has 0 atom stereocenters. The molecule has 2 aromatic rings. The molecule has 0 fully saturated rings. The second kappa shape index (κ2) is 8.69. The molecule has 0 unspecified atom stereocenters. The monoisotopic (exact) mass is 445 g/mol. The third-order valence-electron chi connectivity index (χ3n) is 4.59. The van der Waals surface area contributed by atoms with Crippen LogP contribution >= 0.6 is 11.6 Å². The number of carboxylic acids is 1. The topological polar surface area (TPSA) is 66.4 Å². The van der Waals surface area contributed by atoms with Gasteiger partial charge < -0.3 is 10.4 Å². The minimum absolute atomic E-state index is 0.172. The van der Waals surface area contributed by atoms with E-state index in [0.717, 1.165) is 6.08 Å². The summed E-state index contributed by atoms with van der Waals surface area (Å²) in [5.41, 5.74) is 1.81. The van der Waals surface area contributed by atoms with Crippen LogP contribution < -0.4 is 15.7 Å². The second-order valence-corrected chi connectivity index (χ2v) is 19.7. The van der Waals surface area contributed by atoms with Crippen LogP contribution in [0.25, 0.3) is 6.08 Å². The van der Waals surface area contributed by atoms with Crippen molar-refractivity contribution in [2.75, 3.05) is 5.32 Å². The lowest BCUT2D eigenvalue weighted by molar-refractivity contribution is -0.131. The number of carbonyl (C=O) groups excluding carboxylic acids is 1. The number of amides is 1. The summed E-state index contributed by atoms with van der Waals surface area (Å²) < 4.78 is 0. The molecule has 0 bridgehead atoms. The van der Waals surface area contributed by atoms with Crippen molar-refractivity contribution in [3.8, 4) is 0 Å². The first-order valence-corrected chi connectivity index (χ1v) is 16.8. The van der Waals surface area contributed by atoms with Gasteiger partial charge in [0.15, 0.2) is 0 Å². The molecule has 2 N–H and O–H groups in total. The molecule has 0 aliphatic rings. The van der Waals surface area contributed by atoms with Gasteiger partial charge in [0.2, 0.25) is 0 Å². The third kappa shape index (κ3) is 6.42. The van der Waals surface area contributed by atoms with Crippen LogP contribution in [0.3, 0.4) is 0 Å². The number of hydrogen-bond acceptors (Lipinski definition) is 2. The Kier molecular flexibility index (Phi) is 6.93. The van der Waals surface area contributed by atoms with Gasteiger partial charge in [-0.3, -0.25) is 4.79 Å². The molecule has 0 aromatic heterocycles. The van der Waals surface area contributed by atoms with Crippen molar-refractivity contribution in [2.24, 2.45) is 0 Å². The molecule has 7 heteroatoms. The molecule has 0 aliphatic heterocycles. The van der Waals surface area contributed by atoms with Gasteiger partial charge in [-0.25, -0.2) is 4.79 Å². The summed E-state index contributed by atoms with van der Waals surface area (Å²) in [5, 5.41) is 14.6. The number of hydrogen-bond donors (Lipinski definition) is 2. The Balaban J connectivity index is 2.35. The van der Waals surface area contributed by atoms with Crippen LogP contribution in [0.15, 0.2) is 42.5 Å². The quantitative estimate of drug-likeness (QED) is 0.496. The normalized spacial score (nSPS) is 12.2. The van der Waals surface area contributed by atoms with E-state index in [9.17, 15) is 9.59 Å². The number of carbonyl (C=O) groups is 2. The molecule has 154 valence electrons. The fraction of sp³-hybridized carbons (Fsp3) is 0.273. The highest BCUT2D eigenvalue weighted by Gasteiger charge is 2.24. The lowest BCUT2D eigenvalue weighted by atomic mass is 10.1. The number of halogens is 1. The minimum Gasteiger partial charge on any atom is -0.478 e. The number of benzene rings is 2. The van der Waals surface area contributed by atoms with Crippen molar-refractivity contribution in [3.05, 3.63) is 58.6 Å². The number of aliphatic carboxylic acids is 1. The van der Waals surface area contributed by atoms with E-state index in [-0.39, 0.29) is 5.91 Å². The van der Waals surface area contributed by atoms with Crippen LogP contribution in [0.4, 0.5) is 5.69 Å². The van der Waals surface area contributed by atoms with Crippen LogP contribution in [0, 0.1) is 0 Å². The SMILES string of the molecule is C[Si](C)(C)c1cc(C(=O)Nc2ccc(/C=C/C(=O)O)c(Cl)c2)cc([Si](C)(C)C)c1. The molecule has 0 saturated carbocycles. The molecule has 0 spiro atoms. The van der Waals surface area contributed by atoms with Crippen molar-refractivity contribution in [3.63, 3.8) is 0 Å². The van der Waals surface area contributed by atoms with Crippen molar-refractivity contribution in [2.45, 2.75) is 39.3 Å². The van der Waals surface area contributed by atoms with Gasteiger partial charge in [-0.2, -0.15) is 0 Å². The number of carboxylic acid groups (broad SMARTS) is 1. The molecule has 0 heterocycles. The van der Waals surface area contributed by atoms with E-state index < -0.39 is 22.1 Å². The van der Waals surface area contributed by atoms with E-state index >= 15 is 0 Å². The van der Waals surface area contributed by atoms with Crippen molar-refractivity contribution in [1.82, 2.24) is 0 Å². The summed E-state index contributed by atoms with van der Waals surface area (Å²) in [6.07, 6.45) is 2.45. The molecule has 2 rings (SSSR count). The summed E-state index contributed by atoms with van der Waals surface area (Å²) in [6.45, 7) is 13.7. The predicted molar refractivity (Wildman–Crippen MR) is 128 cm³/mol. The predicted octanol–water partition coefficient (Wildman–Crippen LogP) is 4.78. The molecule has 4 nitrogen and oxygen atoms in total. The highest BCUT2D eigenvalue weighted by molar-refractivity contribution is 6.91. The number of anilines is 1. The van der Waals surface area contributed by atoms with Gasteiger partial charge in [-0.05, 0) is 23.8 Å². The maximum atomic E-state index is 13.0. The van der Waals surface area contributed by atoms with Gasteiger partial charge in [0.1, 0.15) is 0 Å². The Morgan fingerprint density at radius 1 is 0.931 bits per heavy atom. The van der Waals surface area contributed by atoms with E-state index in [1.54, 1.807) is 18.2 Å². The zero-order valence-electron chi connectivity index (χ0n) is 17.8. The lowest BCUT2D eigenvalue weighted by Crippen LogP contribution is -2.46. The van der Waals surface area contributed by atoms with E-state index in [0.29, 0.717) is 21.8 Å². The first-order valence-electron chi connectivity index (χ1n) is 9.45. The Labute approximate surface area is 179 Å². The summed E-state index contributed by atoms with van der Waals surface area (Å²) >= 11 is 6.23. The zero-order chi connectivity index (χ0) is 22.0. The van der Waals surface area contributed by atoms with Gasteiger partial charge in [0, 0.05) is 22.3 Å². The van der Waals surface area contributed by atoms with Gasteiger partial charge in [0.25, 0.3) is 5.91 Å². The van der Waals surface area contributed by atoms with Crippen LogP contribution in [-0.2, 0) is 4.79 Å². The summed E-state index contributed by atoms with van der Waals surface area (Å²) in [5.74, 6) is -1.21. The number of rotatable bonds is 6. The Morgan fingerprint density at radius 3 is 1.93 bits per heavy atom. The summed E-state index contributed by atoms with van der Waals surface area (Å²) in [4.78, 5) is 23.6. The van der Waals surface area contributed by atoms with Crippen LogP contribution in [0.1, 0.15) is 15.9 Å². The average Bonchev–Trinajstić information content (AvgIpc) is 2.59. The molecular weight excluding hydrogens is 418 g/mol. The minimum atomic E-state index is -1.58. The largest absolute Gasteiger partial charge is 0.478 e. The lowest BCUT2D eigenvalue weighted by Gasteiger charge is -2.24. The van der Waals surface area contributed by atoms with Crippen LogP contribution in [0.2, 0.25) is 44.3 Å². The first-order chi connectivity index (χ1) is 13.3.